The second-order valence-electron chi connectivity index (χ2n) is 5.86. The Balaban J connectivity index is 1.58. The van der Waals surface area contributed by atoms with Crippen LogP contribution >= 0.6 is 0 Å². The van der Waals surface area contributed by atoms with Crippen molar-refractivity contribution in [3.8, 4) is 0 Å². The van der Waals surface area contributed by atoms with Gasteiger partial charge in [-0.25, -0.2) is 0 Å². The van der Waals surface area contributed by atoms with Crippen LogP contribution in [0.3, 0.4) is 0 Å². The Morgan fingerprint density at radius 2 is 2.15 bits per heavy atom. The second-order valence-corrected chi connectivity index (χ2v) is 5.86. The minimum atomic E-state index is 0.0813. The largest absolute Gasteiger partial charge is 0.381 e. The summed E-state index contributed by atoms with van der Waals surface area (Å²) in [4.78, 5) is 12.1. The van der Waals surface area contributed by atoms with E-state index in [2.05, 4.69) is 11.5 Å². The summed E-state index contributed by atoms with van der Waals surface area (Å²) >= 11 is 0. The van der Waals surface area contributed by atoms with Crippen LogP contribution in [0.15, 0.2) is 12.4 Å². The molecule has 0 spiro atoms. The molecule has 1 saturated heterocycles. The minimum absolute atomic E-state index is 0.0813. The summed E-state index contributed by atoms with van der Waals surface area (Å²) in [5.41, 5.74) is 8.64. The Hall–Kier alpha value is -1.33. The lowest BCUT2D eigenvalue weighted by atomic mass is 9.92. The van der Waals surface area contributed by atoms with Gasteiger partial charge in [0.25, 0.3) is 0 Å². The van der Waals surface area contributed by atoms with Gasteiger partial charge in [0.1, 0.15) is 6.54 Å². The van der Waals surface area contributed by atoms with Crippen molar-refractivity contribution in [1.82, 2.24) is 9.88 Å². The van der Waals surface area contributed by atoms with E-state index < -0.39 is 0 Å². The molecule has 5 nitrogen and oxygen atoms in total. The lowest BCUT2D eigenvalue weighted by molar-refractivity contribution is -0.122. The highest BCUT2D eigenvalue weighted by Gasteiger charge is 2.20. The predicted molar refractivity (Wildman–Crippen MR) is 76.3 cm³/mol. The first-order chi connectivity index (χ1) is 9.72. The predicted octanol–water partition coefficient (Wildman–Crippen LogP) is 1.12. The third-order valence-corrected chi connectivity index (χ3v) is 4.27. The molecule has 1 aromatic rings. The molecule has 2 aliphatic rings. The van der Waals surface area contributed by atoms with Crippen LogP contribution in [0.2, 0.25) is 0 Å². The maximum absolute atomic E-state index is 12.1. The molecule has 2 heterocycles. The third-order valence-electron chi connectivity index (χ3n) is 4.27. The molecule has 1 atom stereocenters. The number of rotatable bonds is 3. The first-order valence-corrected chi connectivity index (χ1v) is 7.53. The number of nitrogens with one attached hydrogen (secondary N) is 1. The molecule has 0 aromatic carbocycles. The fourth-order valence-electron chi connectivity index (χ4n) is 3.16. The summed E-state index contributed by atoms with van der Waals surface area (Å²) in [5.74, 6) is 0.0813. The van der Waals surface area contributed by atoms with Crippen molar-refractivity contribution in [3.63, 3.8) is 0 Å². The molecular formula is C15H23N3O2. The van der Waals surface area contributed by atoms with Crippen molar-refractivity contribution in [3.05, 3.63) is 23.5 Å². The zero-order valence-electron chi connectivity index (χ0n) is 11.8. The number of nitrogens with two attached hydrogens (primary N) is 1. The summed E-state index contributed by atoms with van der Waals surface area (Å²) in [6.45, 7) is 1.88. The highest BCUT2D eigenvalue weighted by Crippen LogP contribution is 2.28. The van der Waals surface area contributed by atoms with Crippen LogP contribution in [0, 0.1) is 0 Å². The molecule has 20 heavy (non-hydrogen) atoms. The summed E-state index contributed by atoms with van der Waals surface area (Å²) in [6.07, 6.45) is 9.23. The van der Waals surface area contributed by atoms with E-state index in [0.29, 0.717) is 6.54 Å². The van der Waals surface area contributed by atoms with Gasteiger partial charge in [-0.2, -0.15) is 0 Å². The van der Waals surface area contributed by atoms with Crippen molar-refractivity contribution < 1.29 is 9.53 Å². The van der Waals surface area contributed by atoms with Crippen molar-refractivity contribution in [1.29, 1.82) is 0 Å². The first-order valence-electron chi connectivity index (χ1n) is 7.53. The van der Waals surface area contributed by atoms with Crippen LogP contribution in [0.1, 0.15) is 42.9 Å². The van der Waals surface area contributed by atoms with Gasteiger partial charge in [-0.15, -0.1) is 0 Å². The summed E-state index contributed by atoms with van der Waals surface area (Å²) in [6, 6.07) is 0.405. The number of carbonyl (C=O) groups excluding carboxylic acids is 1. The van der Waals surface area contributed by atoms with Gasteiger partial charge in [0.2, 0.25) is 5.91 Å². The van der Waals surface area contributed by atoms with Crippen molar-refractivity contribution >= 4 is 5.91 Å². The normalized spacial score (nSPS) is 23.4. The number of fused-ring (bicyclic) bond motifs is 1. The first kappa shape index (κ1) is 13.6. The number of hydrogen-bond acceptors (Lipinski definition) is 3. The lowest BCUT2D eigenvalue weighted by Gasteiger charge is -2.23. The Kier molecular flexibility index (Phi) is 4.08. The number of ether oxygens (including phenoxy) is 1. The lowest BCUT2D eigenvalue weighted by Crippen LogP contribution is -2.40. The molecule has 110 valence electrons. The molecule has 3 N–H and O–H groups in total. The molecule has 1 unspecified atom stereocenters. The zero-order chi connectivity index (χ0) is 13.9. The monoisotopic (exact) mass is 277 g/mol. The topological polar surface area (TPSA) is 69.3 Å². The number of carbonyl (C=O) groups is 1. The molecule has 1 amide bonds. The molecule has 1 aliphatic heterocycles. The fraction of sp³-hybridized carbons (Fsp3) is 0.667. The van der Waals surface area contributed by atoms with Gasteiger partial charge in [-0.1, -0.05) is 0 Å². The van der Waals surface area contributed by atoms with Crippen molar-refractivity contribution in [2.45, 2.75) is 50.7 Å². The fourth-order valence-corrected chi connectivity index (χ4v) is 3.16. The highest BCUT2D eigenvalue weighted by molar-refractivity contribution is 5.76. The number of aromatic nitrogens is 1. The molecule has 3 rings (SSSR count). The molecule has 1 aromatic heterocycles. The van der Waals surface area contributed by atoms with E-state index in [1.807, 2.05) is 10.8 Å². The van der Waals surface area contributed by atoms with E-state index in [1.165, 1.54) is 11.1 Å². The van der Waals surface area contributed by atoms with Crippen LogP contribution in [-0.2, 0) is 22.5 Å². The molecule has 1 fully saturated rings. The molecule has 0 radical (unpaired) electrons. The van der Waals surface area contributed by atoms with Crippen LogP contribution in [0.5, 0.6) is 0 Å². The number of amides is 1. The van der Waals surface area contributed by atoms with Gasteiger partial charge < -0.3 is 20.4 Å². The molecule has 0 saturated carbocycles. The highest BCUT2D eigenvalue weighted by atomic mass is 16.5. The van der Waals surface area contributed by atoms with Crippen LogP contribution in [0.25, 0.3) is 0 Å². The molecule has 5 heteroatoms. The summed E-state index contributed by atoms with van der Waals surface area (Å²) < 4.78 is 7.27. The summed E-state index contributed by atoms with van der Waals surface area (Å²) in [5, 5.41) is 3.09. The maximum Gasteiger partial charge on any atom is 0.240 e. The Labute approximate surface area is 119 Å². The zero-order valence-corrected chi connectivity index (χ0v) is 11.8. The van der Waals surface area contributed by atoms with Crippen molar-refractivity contribution in [2.24, 2.45) is 5.73 Å². The minimum Gasteiger partial charge on any atom is -0.381 e. The van der Waals surface area contributed by atoms with Crippen LogP contribution < -0.4 is 11.1 Å². The van der Waals surface area contributed by atoms with Gasteiger partial charge >= 0.3 is 0 Å². The van der Waals surface area contributed by atoms with Gasteiger partial charge in [-0.05, 0) is 43.2 Å². The molecular weight excluding hydrogens is 254 g/mol. The van der Waals surface area contributed by atoms with E-state index >= 15 is 0 Å². The van der Waals surface area contributed by atoms with E-state index in [1.54, 1.807) is 0 Å². The van der Waals surface area contributed by atoms with E-state index in [4.69, 9.17) is 10.5 Å². The Bertz CT molecular complexity index is 477. The van der Waals surface area contributed by atoms with E-state index in [-0.39, 0.29) is 18.0 Å². The average Bonchev–Trinajstić information content (AvgIpc) is 2.83. The van der Waals surface area contributed by atoms with Crippen LogP contribution in [-0.4, -0.2) is 29.7 Å². The second kappa shape index (κ2) is 5.97. The SMILES string of the molecule is NC1CCCc2cn(CC(=O)NC3CCOCC3)cc21. The van der Waals surface area contributed by atoms with Gasteiger partial charge in [-0.3, -0.25) is 4.79 Å². The number of aryl methyl sites for hydroxylation is 1. The smallest absolute Gasteiger partial charge is 0.240 e. The summed E-state index contributed by atoms with van der Waals surface area (Å²) in [7, 11) is 0. The van der Waals surface area contributed by atoms with E-state index in [0.717, 1.165) is 45.3 Å². The number of hydrogen-bond donors (Lipinski definition) is 2. The van der Waals surface area contributed by atoms with Gasteiger partial charge in [0, 0.05) is 37.7 Å². The van der Waals surface area contributed by atoms with Crippen LogP contribution in [0.4, 0.5) is 0 Å². The van der Waals surface area contributed by atoms with Crippen molar-refractivity contribution in [2.75, 3.05) is 13.2 Å². The van der Waals surface area contributed by atoms with Gasteiger partial charge in [0.15, 0.2) is 0 Å². The molecule has 0 bridgehead atoms. The standard InChI is InChI=1S/C15H23N3O2/c16-14-3-1-2-11-8-18(9-13(11)14)10-15(19)17-12-4-6-20-7-5-12/h8-9,12,14H,1-7,10,16H2,(H,17,19). The van der Waals surface area contributed by atoms with E-state index in [9.17, 15) is 4.79 Å². The van der Waals surface area contributed by atoms with Gasteiger partial charge in [0.05, 0.1) is 0 Å². The Morgan fingerprint density at radius 1 is 1.35 bits per heavy atom. The average molecular weight is 277 g/mol. The quantitative estimate of drug-likeness (QED) is 0.870. The maximum atomic E-state index is 12.1. The number of nitrogens with zero attached hydrogens (tertiary/aromatic N) is 1. The third kappa shape index (κ3) is 3.04. The molecule has 1 aliphatic carbocycles. The Morgan fingerprint density at radius 3 is 2.90 bits per heavy atom.